The van der Waals surface area contributed by atoms with Crippen molar-refractivity contribution in [3.05, 3.63) is 12.7 Å². The molecule has 0 bridgehead atoms. The smallest absolute Gasteiger partial charge is 0.430 e. The first-order valence-corrected chi connectivity index (χ1v) is 2.75. The standard InChI is InChI=1S/C4H5IO3/c1-2-3-7-4(6)8-5/h2H,1,3H2. The first-order valence-electron chi connectivity index (χ1n) is 1.87. The van der Waals surface area contributed by atoms with Crippen LogP contribution >= 0.6 is 23.0 Å². The maximum Gasteiger partial charge on any atom is 0.518 e. The van der Waals surface area contributed by atoms with Crippen LogP contribution in [0.2, 0.25) is 0 Å². The van der Waals surface area contributed by atoms with Crippen molar-refractivity contribution in [2.24, 2.45) is 0 Å². The summed E-state index contributed by atoms with van der Waals surface area (Å²) in [4.78, 5) is 10.1. The summed E-state index contributed by atoms with van der Waals surface area (Å²) in [6, 6.07) is 0. The Morgan fingerprint density at radius 2 is 2.50 bits per heavy atom. The van der Waals surface area contributed by atoms with Gasteiger partial charge in [0.1, 0.15) is 6.61 Å². The molecule has 0 amide bonds. The number of hydrogen-bond acceptors (Lipinski definition) is 3. The van der Waals surface area contributed by atoms with Gasteiger partial charge in [-0.05, 0) is 0 Å². The van der Waals surface area contributed by atoms with Crippen molar-refractivity contribution in [2.45, 2.75) is 0 Å². The van der Waals surface area contributed by atoms with E-state index in [1.54, 1.807) is 0 Å². The fourth-order valence-corrected chi connectivity index (χ4v) is 0.276. The van der Waals surface area contributed by atoms with Gasteiger partial charge in [0.2, 0.25) is 0 Å². The van der Waals surface area contributed by atoms with Crippen molar-refractivity contribution in [2.75, 3.05) is 6.61 Å². The van der Waals surface area contributed by atoms with Gasteiger partial charge in [-0.2, -0.15) is 0 Å². The molecule has 0 radical (unpaired) electrons. The van der Waals surface area contributed by atoms with E-state index in [1.807, 2.05) is 0 Å². The van der Waals surface area contributed by atoms with E-state index in [0.717, 1.165) is 0 Å². The van der Waals surface area contributed by atoms with Gasteiger partial charge in [0.25, 0.3) is 0 Å². The van der Waals surface area contributed by atoms with Gasteiger partial charge in [-0.15, -0.1) is 0 Å². The second-order valence-corrected chi connectivity index (χ2v) is 1.37. The Kier molecular flexibility index (Phi) is 4.73. The summed E-state index contributed by atoms with van der Waals surface area (Å²) >= 11 is 1.44. The van der Waals surface area contributed by atoms with Crippen LogP contribution in [-0.2, 0) is 7.80 Å². The van der Waals surface area contributed by atoms with E-state index in [1.165, 1.54) is 29.1 Å². The zero-order chi connectivity index (χ0) is 6.41. The van der Waals surface area contributed by atoms with Crippen molar-refractivity contribution < 1.29 is 12.6 Å². The summed E-state index contributed by atoms with van der Waals surface area (Å²) in [6.45, 7) is 3.53. The van der Waals surface area contributed by atoms with Gasteiger partial charge in [0.05, 0.1) is 0 Å². The molecule has 3 nitrogen and oxygen atoms in total. The molecule has 0 heterocycles. The summed E-state index contributed by atoms with van der Waals surface area (Å²) in [5, 5.41) is 0. The Morgan fingerprint density at radius 1 is 1.88 bits per heavy atom. The molecule has 8 heavy (non-hydrogen) atoms. The molecule has 0 saturated carbocycles. The Morgan fingerprint density at radius 3 is 2.88 bits per heavy atom. The molecule has 0 spiro atoms. The number of halogens is 1. The topological polar surface area (TPSA) is 35.5 Å². The fraction of sp³-hybridized carbons (Fsp3) is 0.250. The number of hydrogen-bond donors (Lipinski definition) is 0. The summed E-state index contributed by atoms with van der Waals surface area (Å²) < 4.78 is 8.47. The lowest BCUT2D eigenvalue weighted by molar-refractivity contribution is 0.124. The molecular formula is C4H5IO3. The summed E-state index contributed by atoms with van der Waals surface area (Å²) in [5.74, 6) is 0. The maximum absolute atomic E-state index is 10.1. The molecule has 0 aromatic carbocycles. The van der Waals surface area contributed by atoms with Crippen molar-refractivity contribution in [1.29, 1.82) is 0 Å². The quantitative estimate of drug-likeness (QED) is 0.409. The molecule has 0 unspecified atom stereocenters. The molecule has 0 aromatic rings. The predicted octanol–water partition coefficient (Wildman–Crippen LogP) is 1.68. The van der Waals surface area contributed by atoms with E-state index >= 15 is 0 Å². The Hall–Kier alpha value is -0.260. The maximum atomic E-state index is 10.1. The van der Waals surface area contributed by atoms with Crippen LogP contribution in [0.1, 0.15) is 0 Å². The SMILES string of the molecule is C=CCOC(=O)OI. The summed E-state index contributed by atoms with van der Waals surface area (Å²) in [7, 11) is 0. The van der Waals surface area contributed by atoms with Gasteiger partial charge in [-0.25, -0.2) is 4.79 Å². The third-order valence-electron chi connectivity index (χ3n) is 0.382. The first-order chi connectivity index (χ1) is 3.81. The fourth-order valence-electron chi connectivity index (χ4n) is 0.149. The zero-order valence-corrected chi connectivity index (χ0v) is 6.25. The van der Waals surface area contributed by atoms with Crippen LogP contribution in [-0.4, -0.2) is 12.8 Å². The van der Waals surface area contributed by atoms with Gasteiger partial charge >= 0.3 is 6.16 Å². The van der Waals surface area contributed by atoms with Crippen molar-refractivity contribution in [1.82, 2.24) is 0 Å². The Labute approximate surface area is 61.3 Å². The van der Waals surface area contributed by atoms with Crippen molar-refractivity contribution >= 4 is 29.2 Å². The predicted molar refractivity (Wildman–Crippen MR) is 36.7 cm³/mol. The highest BCUT2D eigenvalue weighted by atomic mass is 127. The number of carbonyl (C=O) groups excluding carboxylic acids is 1. The first kappa shape index (κ1) is 7.74. The number of ether oxygens (including phenoxy) is 1. The Balaban J connectivity index is 3.11. The van der Waals surface area contributed by atoms with Gasteiger partial charge < -0.3 is 7.80 Å². The molecule has 0 rings (SSSR count). The highest BCUT2D eigenvalue weighted by Crippen LogP contribution is 1.90. The number of carbonyl (C=O) groups is 1. The second kappa shape index (κ2) is 4.89. The molecule has 0 N–H and O–H groups in total. The van der Waals surface area contributed by atoms with Crippen LogP contribution in [0.3, 0.4) is 0 Å². The molecule has 0 aliphatic carbocycles. The summed E-state index contributed by atoms with van der Waals surface area (Å²) in [6.07, 6.45) is 0.776. The van der Waals surface area contributed by atoms with Gasteiger partial charge in [0, 0.05) is 0 Å². The lowest BCUT2D eigenvalue weighted by Gasteiger charge is -1.93. The van der Waals surface area contributed by atoms with Crippen LogP contribution < -0.4 is 0 Å². The van der Waals surface area contributed by atoms with Crippen LogP contribution in [0, 0.1) is 0 Å². The average Bonchev–Trinajstić information content (AvgIpc) is 1.83. The van der Waals surface area contributed by atoms with E-state index < -0.39 is 6.16 Å². The lowest BCUT2D eigenvalue weighted by Crippen LogP contribution is -1.99. The number of rotatable bonds is 2. The average molecular weight is 228 g/mol. The minimum atomic E-state index is -0.689. The Bertz CT molecular complexity index is 91.3. The van der Waals surface area contributed by atoms with Crippen LogP contribution in [0.4, 0.5) is 4.79 Å². The third-order valence-corrected chi connectivity index (χ3v) is 0.742. The highest BCUT2D eigenvalue weighted by Gasteiger charge is 1.95. The van der Waals surface area contributed by atoms with E-state index in [2.05, 4.69) is 14.4 Å². The highest BCUT2D eigenvalue weighted by molar-refractivity contribution is 14.1. The monoisotopic (exact) mass is 228 g/mol. The molecule has 46 valence electrons. The van der Waals surface area contributed by atoms with Crippen molar-refractivity contribution in [3.8, 4) is 0 Å². The molecule has 0 aliphatic heterocycles. The van der Waals surface area contributed by atoms with Crippen molar-refractivity contribution in [3.63, 3.8) is 0 Å². The zero-order valence-electron chi connectivity index (χ0n) is 4.09. The molecule has 0 saturated heterocycles. The van der Waals surface area contributed by atoms with E-state index in [4.69, 9.17) is 0 Å². The molecule has 0 aliphatic rings. The lowest BCUT2D eigenvalue weighted by atomic mass is 10.7. The van der Waals surface area contributed by atoms with Crippen LogP contribution in [0.25, 0.3) is 0 Å². The minimum Gasteiger partial charge on any atom is -0.430 e. The van der Waals surface area contributed by atoms with Gasteiger partial charge in [-0.3, -0.25) is 0 Å². The molecule has 0 aromatic heterocycles. The largest absolute Gasteiger partial charge is 0.518 e. The molecule has 4 heteroatoms. The molecular weight excluding hydrogens is 223 g/mol. The van der Waals surface area contributed by atoms with Gasteiger partial charge in [-0.1, -0.05) is 12.7 Å². The summed E-state index contributed by atoms with van der Waals surface area (Å²) in [5.41, 5.74) is 0. The van der Waals surface area contributed by atoms with Gasteiger partial charge in [0.15, 0.2) is 23.0 Å². The van der Waals surface area contributed by atoms with E-state index in [0.29, 0.717) is 0 Å². The van der Waals surface area contributed by atoms with E-state index in [-0.39, 0.29) is 6.61 Å². The van der Waals surface area contributed by atoms with Crippen LogP contribution in [0.5, 0.6) is 0 Å². The van der Waals surface area contributed by atoms with E-state index in [9.17, 15) is 4.79 Å². The molecule has 0 fully saturated rings. The molecule has 0 atom stereocenters. The second-order valence-electron chi connectivity index (χ2n) is 0.927. The van der Waals surface area contributed by atoms with Crippen LogP contribution in [0.15, 0.2) is 12.7 Å². The third kappa shape index (κ3) is 3.91. The minimum absolute atomic E-state index is 0.196. The normalized spacial score (nSPS) is 7.62.